The zero-order valence-corrected chi connectivity index (χ0v) is 17.7. The third-order valence-electron chi connectivity index (χ3n) is 5.25. The Morgan fingerprint density at radius 1 is 1.10 bits per heavy atom. The Labute approximate surface area is 176 Å². The fraction of sp³-hybridized carbons (Fsp3) is 0.227. The van der Waals surface area contributed by atoms with E-state index in [1.54, 1.807) is 30.3 Å². The van der Waals surface area contributed by atoms with Crippen LogP contribution in [0.5, 0.6) is 0 Å². The SMILES string of the molecule is C[C@H](c1ccccc1)N(Cc1ccco1)C(=O)c1cc2c(=O)n(C)c(=O)n(C)c2s1. The van der Waals surface area contributed by atoms with Gasteiger partial charge in [-0.05, 0) is 30.7 Å². The Hall–Kier alpha value is -3.39. The lowest BCUT2D eigenvalue weighted by Gasteiger charge is -2.28. The van der Waals surface area contributed by atoms with Crippen LogP contribution in [-0.4, -0.2) is 19.9 Å². The van der Waals surface area contributed by atoms with Gasteiger partial charge in [0.05, 0.1) is 29.1 Å². The smallest absolute Gasteiger partial charge is 0.331 e. The molecule has 0 saturated heterocycles. The molecule has 30 heavy (non-hydrogen) atoms. The first kappa shape index (κ1) is 19.9. The van der Waals surface area contributed by atoms with Crippen LogP contribution in [0.3, 0.4) is 0 Å². The van der Waals surface area contributed by atoms with Crippen LogP contribution in [0.4, 0.5) is 0 Å². The number of hydrogen-bond donors (Lipinski definition) is 0. The van der Waals surface area contributed by atoms with Gasteiger partial charge < -0.3 is 9.32 Å². The van der Waals surface area contributed by atoms with Crippen molar-refractivity contribution in [1.82, 2.24) is 14.0 Å². The van der Waals surface area contributed by atoms with E-state index >= 15 is 0 Å². The Balaban J connectivity index is 1.80. The van der Waals surface area contributed by atoms with E-state index in [1.807, 2.05) is 43.3 Å². The molecule has 3 heterocycles. The fourth-order valence-corrected chi connectivity index (χ4v) is 4.54. The molecule has 0 unspecified atom stereocenters. The second-order valence-electron chi connectivity index (χ2n) is 7.13. The maximum atomic E-state index is 13.5. The van der Waals surface area contributed by atoms with Crippen molar-refractivity contribution in [3.05, 3.63) is 91.8 Å². The van der Waals surface area contributed by atoms with Gasteiger partial charge in [-0.3, -0.25) is 18.7 Å². The van der Waals surface area contributed by atoms with Gasteiger partial charge in [0, 0.05) is 14.1 Å². The van der Waals surface area contributed by atoms with E-state index < -0.39 is 11.2 Å². The Kier molecular flexibility index (Phi) is 5.17. The van der Waals surface area contributed by atoms with Crippen molar-refractivity contribution >= 4 is 27.5 Å². The lowest BCUT2D eigenvalue weighted by Crippen LogP contribution is -2.36. The van der Waals surface area contributed by atoms with Crippen molar-refractivity contribution in [1.29, 1.82) is 0 Å². The van der Waals surface area contributed by atoms with Crippen molar-refractivity contribution in [2.24, 2.45) is 14.1 Å². The third kappa shape index (κ3) is 3.39. The molecule has 1 amide bonds. The molecular weight excluding hydrogens is 402 g/mol. The first-order chi connectivity index (χ1) is 14.4. The van der Waals surface area contributed by atoms with Crippen LogP contribution in [0.1, 0.15) is 34.0 Å². The number of carbonyl (C=O) groups is 1. The Bertz CT molecular complexity index is 1320. The van der Waals surface area contributed by atoms with Crippen LogP contribution in [0, 0.1) is 0 Å². The fourth-order valence-electron chi connectivity index (χ4n) is 3.48. The summed E-state index contributed by atoms with van der Waals surface area (Å²) in [7, 11) is 3.03. The predicted molar refractivity (Wildman–Crippen MR) is 116 cm³/mol. The van der Waals surface area contributed by atoms with Crippen LogP contribution in [0.15, 0.2) is 68.8 Å². The maximum absolute atomic E-state index is 13.5. The first-order valence-electron chi connectivity index (χ1n) is 9.46. The number of amides is 1. The molecule has 0 fully saturated rings. The van der Waals surface area contributed by atoms with Gasteiger partial charge in [-0.25, -0.2) is 4.79 Å². The molecule has 0 aliphatic carbocycles. The quantitative estimate of drug-likeness (QED) is 0.494. The predicted octanol–water partition coefficient (Wildman–Crippen LogP) is 3.30. The van der Waals surface area contributed by atoms with Crippen LogP contribution in [-0.2, 0) is 20.6 Å². The number of aryl methyl sites for hydroxylation is 1. The summed E-state index contributed by atoms with van der Waals surface area (Å²) in [5.41, 5.74) is 0.164. The maximum Gasteiger partial charge on any atom is 0.331 e. The van der Waals surface area contributed by atoms with Crippen molar-refractivity contribution in [2.75, 3.05) is 0 Å². The number of aromatic nitrogens is 2. The average Bonchev–Trinajstić information content (AvgIpc) is 3.44. The minimum absolute atomic E-state index is 0.222. The molecule has 0 aliphatic rings. The summed E-state index contributed by atoms with van der Waals surface area (Å²) in [5.74, 6) is 0.439. The van der Waals surface area contributed by atoms with Crippen molar-refractivity contribution < 1.29 is 9.21 Å². The monoisotopic (exact) mass is 423 g/mol. The number of hydrogen-bond acceptors (Lipinski definition) is 5. The molecule has 0 saturated carbocycles. The van der Waals surface area contributed by atoms with E-state index in [1.165, 1.54) is 11.6 Å². The minimum atomic E-state index is -0.418. The highest BCUT2D eigenvalue weighted by Crippen LogP contribution is 2.29. The molecule has 0 radical (unpaired) electrons. The standard InChI is InChI=1S/C22H21N3O4S/c1-14(15-8-5-4-6-9-15)25(13-16-10-7-11-29-16)20(27)18-12-17-19(26)23(2)22(28)24(3)21(17)30-18/h4-12,14H,13H2,1-3H3/t14-/m1/s1. The van der Waals surface area contributed by atoms with Crippen molar-refractivity contribution in [2.45, 2.75) is 19.5 Å². The largest absolute Gasteiger partial charge is 0.467 e. The van der Waals surface area contributed by atoms with Gasteiger partial charge in [0.15, 0.2) is 0 Å². The highest BCUT2D eigenvalue weighted by atomic mass is 32.1. The topological polar surface area (TPSA) is 77.5 Å². The van der Waals surface area contributed by atoms with Crippen molar-refractivity contribution in [3.8, 4) is 0 Å². The van der Waals surface area contributed by atoms with Gasteiger partial charge in [-0.15, -0.1) is 11.3 Å². The molecule has 154 valence electrons. The van der Waals surface area contributed by atoms with Gasteiger partial charge in [-0.2, -0.15) is 0 Å². The van der Waals surface area contributed by atoms with Gasteiger partial charge in [-0.1, -0.05) is 30.3 Å². The van der Waals surface area contributed by atoms with E-state index in [-0.39, 0.29) is 18.5 Å². The number of carbonyl (C=O) groups excluding carboxylic acids is 1. The molecule has 4 aromatic rings. The Morgan fingerprint density at radius 2 is 1.83 bits per heavy atom. The van der Waals surface area contributed by atoms with Crippen LogP contribution in [0.2, 0.25) is 0 Å². The number of furan rings is 1. The minimum Gasteiger partial charge on any atom is -0.467 e. The number of nitrogens with zero attached hydrogens (tertiary/aromatic N) is 3. The molecule has 8 heteroatoms. The van der Waals surface area contributed by atoms with E-state index in [2.05, 4.69) is 0 Å². The lowest BCUT2D eigenvalue weighted by molar-refractivity contribution is 0.0664. The molecule has 1 aromatic carbocycles. The van der Waals surface area contributed by atoms with Gasteiger partial charge in [0.25, 0.3) is 11.5 Å². The van der Waals surface area contributed by atoms with Crippen LogP contribution in [0.25, 0.3) is 10.2 Å². The summed E-state index contributed by atoms with van der Waals surface area (Å²) >= 11 is 1.15. The average molecular weight is 423 g/mol. The lowest BCUT2D eigenvalue weighted by atomic mass is 10.1. The third-order valence-corrected chi connectivity index (χ3v) is 6.45. The summed E-state index contributed by atoms with van der Waals surface area (Å²) in [4.78, 5) is 40.9. The molecule has 0 spiro atoms. The van der Waals surface area contributed by atoms with Gasteiger partial charge in [0.1, 0.15) is 10.6 Å². The number of benzene rings is 1. The molecule has 0 N–H and O–H groups in total. The molecule has 3 aromatic heterocycles. The normalized spacial score (nSPS) is 12.2. The van der Waals surface area contributed by atoms with Crippen molar-refractivity contribution in [3.63, 3.8) is 0 Å². The molecule has 7 nitrogen and oxygen atoms in total. The first-order valence-corrected chi connectivity index (χ1v) is 10.3. The molecule has 4 rings (SSSR count). The van der Waals surface area contributed by atoms with E-state index in [4.69, 9.17) is 4.42 Å². The summed E-state index contributed by atoms with van der Waals surface area (Å²) in [6.45, 7) is 2.24. The van der Waals surface area contributed by atoms with Crippen LogP contribution < -0.4 is 11.2 Å². The number of rotatable bonds is 5. The molecule has 0 aliphatic heterocycles. The molecule has 0 bridgehead atoms. The summed E-state index contributed by atoms with van der Waals surface area (Å²) in [6.07, 6.45) is 1.57. The summed E-state index contributed by atoms with van der Waals surface area (Å²) in [6, 6.07) is 14.7. The highest BCUT2D eigenvalue weighted by molar-refractivity contribution is 7.20. The van der Waals surface area contributed by atoms with E-state index in [0.717, 1.165) is 21.5 Å². The number of thiophene rings is 1. The second kappa shape index (κ2) is 7.79. The number of fused-ring (bicyclic) bond motifs is 1. The Morgan fingerprint density at radius 3 is 2.50 bits per heavy atom. The zero-order chi connectivity index (χ0) is 21.4. The zero-order valence-electron chi connectivity index (χ0n) is 16.9. The van der Waals surface area contributed by atoms with Crippen LogP contribution >= 0.6 is 11.3 Å². The molecular formula is C22H21N3O4S. The molecule has 1 atom stereocenters. The summed E-state index contributed by atoms with van der Waals surface area (Å²) < 4.78 is 7.93. The summed E-state index contributed by atoms with van der Waals surface area (Å²) in [5, 5.41) is 0.360. The van der Waals surface area contributed by atoms with E-state index in [9.17, 15) is 14.4 Å². The van der Waals surface area contributed by atoms with Gasteiger partial charge in [0.2, 0.25) is 0 Å². The highest BCUT2D eigenvalue weighted by Gasteiger charge is 2.26. The van der Waals surface area contributed by atoms with Gasteiger partial charge >= 0.3 is 5.69 Å². The van der Waals surface area contributed by atoms with E-state index in [0.29, 0.717) is 20.9 Å². The second-order valence-corrected chi connectivity index (χ2v) is 8.16.